The molecule has 7 unspecified atom stereocenters. The standard InChI is InChI=1S/C41H78NO10P/c1-3-5-7-8-9-10-11-12-13-14-15-16-19-23-30-49-33-36(34-51-53(47,48)50-31-29-42)52-41(46)26-22-18-17-21-25-37-38(40(45)32-39(37)44)28-27-35(43)24-20-6-4-2/h17,21,27-28,35-40,43-45H,3-16,18-20,22-26,29-34,42H2,1-2H3,(H,47,48)/b21-17-,28-27+. The monoisotopic (exact) mass is 776 g/mol. The molecular formula is C41H78NO10P. The Hall–Kier alpha value is -1.14. The summed E-state index contributed by atoms with van der Waals surface area (Å²) < 4.78 is 33.4. The second kappa shape index (κ2) is 33.0. The third-order valence-electron chi connectivity index (χ3n) is 9.94. The average molecular weight is 776 g/mol. The fraction of sp³-hybridized carbons (Fsp3) is 0.878. The molecule has 0 radical (unpaired) electrons. The van der Waals surface area contributed by atoms with E-state index in [-0.39, 0.29) is 44.6 Å². The number of hydrogen-bond acceptors (Lipinski definition) is 10. The highest BCUT2D eigenvalue weighted by Gasteiger charge is 2.39. The van der Waals surface area contributed by atoms with Gasteiger partial charge in [-0.3, -0.25) is 13.8 Å². The molecule has 1 saturated carbocycles. The van der Waals surface area contributed by atoms with Gasteiger partial charge in [-0.05, 0) is 38.0 Å². The number of nitrogens with two attached hydrogens (primary N) is 1. The summed E-state index contributed by atoms with van der Waals surface area (Å²) in [6.07, 6.45) is 28.6. The lowest BCUT2D eigenvalue weighted by Gasteiger charge is -2.20. The van der Waals surface area contributed by atoms with E-state index in [1.54, 1.807) is 6.08 Å². The summed E-state index contributed by atoms with van der Waals surface area (Å²) in [5.41, 5.74) is 5.36. The Labute approximate surface area is 322 Å². The zero-order chi connectivity index (χ0) is 39.0. The van der Waals surface area contributed by atoms with Gasteiger partial charge in [-0.1, -0.05) is 141 Å². The molecule has 7 atom stereocenters. The number of phosphoric ester groups is 1. The van der Waals surface area contributed by atoms with Crippen molar-refractivity contribution >= 4 is 13.8 Å². The lowest BCUT2D eigenvalue weighted by molar-refractivity contribution is -0.154. The second-order valence-electron chi connectivity index (χ2n) is 14.8. The Bertz CT molecular complexity index is 982. The van der Waals surface area contributed by atoms with Crippen LogP contribution in [0.3, 0.4) is 0 Å². The highest BCUT2D eigenvalue weighted by Crippen LogP contribution is 2.43. The van der Waals surface area contributed by atoms with Crippen molar-refractivity contribution in [3.63, 3.8) is 0 Å². The van der Waals surface area contributed by atoms with Gasteiger partial charge >= 0.3 is 13.8 Å². The lowest BCUT2D eigenvalue weighted by atomic mass is 9.89. The zero-order valence-electron chi connectivity index (χ0n) is 33.3. The van der Waals surface area contributed by atoms with Gasteiger partial charge in [-0.2, -0.15) is 0 Å². The minimum Gasteiger partial charge on any atom is -0.457 e. The van der Waals surface area contributed by atoms with Crippen molar-refractivity contribution in [2.45, 2.75) is 186 Å². The molecule has 0 aromatic heterocycles. The van der Waals surface area contributed by atoms with E-state index in [1.165, 1.54) is 70.6 Å². The molecule has 1 rings (SSSR count). The smallest absolute Gasteiger partial charge is 0.457 e. The summed E-state index contributed by atoms with van der Waals surface area (Å²) in [7, 11) is -4.34. The normalized spacial score (nSPS) is 21.4. The number of phosphoric acid groups is 1. The molecule has 12 heteroatoms. The van der Waals surface area contributed by atoms with E-state index >= 15 is 0 Å². The van der Waals surface area contributed by atoms with Crippen LogP contribution in [0.5, 0.6) is 0 Å². The minimum absolute atomic E-state index is 0.0436. The number of aliphatic hydroxyl groups is 3. The average Bonchev–Trinajstić information content (AvgIpc) is 3.40. The van der Waals surface area contributed by atoms with Gasteiger partial charge in [0.1, 0.15) is 6.10 Å². The molecule has 0 heterocycles. The summed E-state index contributed by atoms with van der Waals surface area (Å²) >= 11 is 0. The largest absolute Gasteiger partial charge is 0.472 e. The number of allylic oxidation sites excluding steroid dienone is 2. The van der Waals surface area contributed by atoms with E-state index in [0.717, 1.165) is 38.5 Å². The number of ether oxygens (including phenoxy) is 2. The van der Waals surface area contributed by atoms with Crippen LogP contribution in [0, 0.1) is 11.8 Å². The molecule has 0 aromatic carbocycles. The fourth-order valence-electron chi connectivity index (χ4n) is 6.76. The zero-order valence-corrected chi connectivity index (χ0v) is 34.2. The van der Waals surface area contributed by atoms with Crippen molar-refractivity contribution in [3.8, 4) is 0 Å². The van der Waals surface area contributed by atoms with E-state index in [9.17, 15) is 29.6 Å². The van der Waals surface area contributed by atoms with Crippen molar-refractivity contribution in [2.75, 3.05) is 33.0 Å². The molecule has 0 bridgehead atoms. The third kappa shape index (κ3) is 27.2. The van der Waals surface area contributed by atoms with E-state index in [0.29, 0.717) is 38.7 Å². The van der Waals surface area contributed by atoms with Crippen molar-refractivity contribution in [1.82, 2.24) is 0 Å². The molecule has 53 heavy (non-hydrogen) atoms. The third-order valence-corrected chi connectivity index (χ3v) is 10.9. The van der Waals surface area contributed by atoms with Gasteiger partial charge in [0, 0.05) is 31.9 Å². The Balaban J connectivity index is 2.38. The molecule has 11 nitrogen and oxygen atoms in total. The van der Waals surface area contributed by atoms with Gasteiger partial charge in [-0.15, -0.1) is 0 Å². The summed E-state index contributed by atoms with van der Waals surface area (Å²) in [4.78, 5) is 22.6. The Morgan fingerprint density at radius 1 is 0.792 bits per heavy atom. The summed E-state index contributed by atoms with van der Waals surface area (Å²) in [5.74, 6) is -0.831. The maximum absolute atomic E-state index is 12.7. The molecule has 312 valence electrons. The van der Waals surface area contributed by atoms with E-state index in [2.05, 4.69) is 13.8 Å². The maximum Gasteiger partial charge on any atom is 0.472 e. The van der Waals surface area contributed by atoms with E-state index < -0.39 is 38.2 Å². The van der Waals surface area contributed by atoms with E-state index in [4.69, 9.17) is 24.3 Å². The Kier molecular flexibility index (Phi) is 31.1. The van der Waals surface area contributed by atoms with Crippen molar-refractivity contribution < 1.29 is 48.1 Å². The molecule has 0 saturated heterocycles. The molecular weight excluding hydrogens is 697 g/mol. The fourth-order valence-corrected chi connectivity index (χ4v) is 7.52. The molecule has 0 aliphatic heterocycles. The number of aliphatic hydroxyl groups excluding tert-OH is 3. The minimum atomic E-state index is -4.34. The molecule has 6 N–H and O–H groups in total. The van der Waals surface area contributed by atoms with Gasteiger partial charge in [0.15, 0.2) is 0 Å². The van der Waals surface area contributed by atoms with Crippen LogP contribution < -0.4 is 5.73 Å². The maximum atomic E-state index is 12.7. The molecule has 0 amide bonds. The summed E-state index contributed by atoms with van der Waals surface area (Å²) in [6, 6.07) is 0. The number of carbonyl (C=O) groups excluding carboxylic acids is 1. The molecule has 1 aliphatic rings. The number of rotatable bonds is 36. The van der Waals surface area contributed by atoms with Crippen molar-refractivity contribution in [1.29, 1.82) is 0 Å². The first kappa shape index (κ1) is 49.9. The SMILES string of the molecule is CCCCCCCCCCCCCCCCOCC(COP(=O)(O)OCCN)OC(=O)CCC/C=C\CC1C(O)CC(O)C1/C=C/C(O)CCCCC. The molecule has 0 spiro atoms. The van der Waals surface area contributed by atoms with Crippen LogP contribution in [0.2, 0.25) is 0 Å². The highest BCUT2D eigenvalue weighted by molar-refractivity contribution is 7.47. The van der Waals surface area contributed by atoms with Crippen molar-refractivity contribution in [2.24, 2.45) is 17.6 Å². The van der Waals surface area contributed by atoms with Gasteiger partial charge in [0.05, 0.1) is 38.1 Å². The van der Waals surface area contributed by atoms with Gasteiger partial charge in [0.25, 0.3) is 0 Å². The lowest BCUT2D eigenvalue weighted by Crippen LogP contribution is -2.28. The van der Waals surface area contributed by atoms with E-state index in [1.807, 2.05) is 18.2 Å². The van der Waals surface area contributed by atoms with Crippen LogP contribution in [-0.4, -0.2) is 83.6 Å². The predicted octanol–water partition coefficient (Wildman–Crippen LogP) is 8.46. The number of hydrogen-bond donors (Lipinski definition) is 5. The van der Waals surface area contributed by atoms with Crippen LogP contribution >= 0.6 is 7.82 Å². The first-order valence-corrected chi connectivity index (χ1v) is 22.6. The topological polar surface area (TPSA) is 178 Å². The first-order chi connectivity index (χ1) is 25.6. The summed E-state index contributed by atoms with van der Waals surface area (Å²) in [6.45, 7) is 4.50. The highest BCUT2D eigenvalue weighted by atomic mass is 31.2. The molecule has 0 aromatic rings. The van der Waals surface area contributed by atoms with Crippen LogP contribution in [0.1, 0.15) is 162 Å². The number of carbonyl (C=O) groups is 1. The van der Waals surface area contributed by atoms with Crippen LogP contribution in [0.15, 0.2) is 24.3 Å². The number of esters is 1. The Morgan fingerprint density at radius 2 is 1.40 bits per heavy atom. The van der Waals surface area contributed by atoms with Gasteiger partial charge < -0.3 is 35.4 Å². The first-order valence-electron chi connectivity index (χ1n) is 21.1. The van der Waals surface area contributed by atoms with Crippen LogP contribution in [0.25, 0.3) is 0 Å². The molecule has 1 fully saturated rings. The van der Waals surface area contributed by atoms with Crippen LogP contribution in [-0.2, 0) is 27.9 Å². The summed E-state index contributed by atoms with van der Waals surface area (Å²) in [5, 5.41) is 31.3. The number of unbranched alkanes of at least 4 members (excludes halogenated alkanes) is 16. The van der Waals surface area contributed by atoms with Gasteiger partial charge in [-0.25, -0.2) is 4.57 Å². The van der Waals surface area contributed by atoms with Gasteiger partial charge in [0.2, 0.25) is 0 Å². The quantitative estimate of drug-likeness (QED) is 0.0179. The molecule has 1 aliphatic carbocycles. The van der Waals surface area contributed by atoms with Crippen molar-refractivity contribution in [3.05, 3.63) is 24.3 Å². The Morgan fingerprint density at radius 3 is 2.02 bits per heavy atom. The van der Waals surface area contributed by atoms with Crippen LogP contribution in [0.4, 0.5) is 0 Å². The second-order valence-corrected chi connectivity index (χ2v) is 16.3. The predicted molar refractivity (Wildman–Crippen MR) is 212 cm³/mol.